The third-order valence-corrected chi connectivity index (χ3v) is 5.40. The molecule has 30 heavy (non-hydrogen) atoms. The van der Waals surface area contributed by atoms with Crippen molar-refractivity contribution in [1.82, 2.24) is 4.90 Å². The Morgan fingerprint density at radius 2 is 1.77 bits per heavy atom. The van der Waals surface area contributed by atoms with Gasteiger partial charge in [-0.3, -0.25) is 9.59 Å². The van der Waals surface area contributed by atoms with Gasteiger partial charge in [-0.15, -0.1) is 0 Å². The van der Waals surface area contributed by atoms with Gasteiger partial charge in [0.2, 0.25) is 6.79 Å². The van der Waals surface area contributed by atoms with Crippen LogP contribution < -0.4 is 18.9 Å². The van der Waals surface area contributed by atoms with Crippen molar-refractivity contribution in [3.05, 3.63) is 46.5 Å². The molecular weight excluding hydrogens is 390 g/mol. The average molecular weight is 413 g/mol. The van der Waals surface area contributed by atoms with Crippen LogP contribution >= 0.6 is 0 Å². The lowest BCUT2D eigenvalue weighted by molar-refractivity contribution is -0.139. The number of methoxy groups -OCH3 is 3. The molecule has 0 fully saturated rings. The number of fused-ring (bicyclic) bond motifs is 2. The lowest BCUT2D eigenvalue weighted by Gasteiger charge is -2.30. The number of nitrogens with zero attached hydrogens (tertiary/aromatic N) is 1. The first-order chi connectivity index (χ1) is 14.5. The molecular formula is C22H23NO7. The average Bonchev–Trinajstić information content (AvgIpc) is 3.23. The van der Waals surface area contributed by atoms with E-state index in [1.54, 1.807) is 17.0 Å². The summed E-state index contributed by atoms with van der Waals surface area (Å²) in [5.74, 6) is 1.49. The van der Waals surface area contributed by atoms with Crippen LogP contribution in [0.3, 0.4) is 0 Å². The third-order valence-electron chi connectivity index (χ3n) is 5.40. The molecule has 2 heterocycles. The molecule has 0 spiro atoms. The molecule has 0 saturated carbocycles. The molecule has 2 aromatic carbocycles. The van der Waals surface area contributed by atoms with Crippen molar-refractivity contribution in [2.75, 3.05) is 34.7 Å². The summed E-state index contributed by atoms with van der Waals surface area (Å²) >= 11 is 0. The molecule has 158 valence electrons. The van der Waals surface area contributed by atoms with Gasteiger partial charge >= 0.3 is 5.97 Å². The Hall–Kier alpha value is -3.42. The molecule has 0 aliphatic carbocycles. The van der Waals surface area contributed by atoms with Crippen molar-refractivity contribution in [2.45, 2.75) is 19.4 Å². The molecule has 0 N–H and O–H groups in total. The van der Waals surface area contributed by atoms with Gasteiger partial charge in [-0.25, -0.2) is 0 Å². The summed E-state index contributed by atoms with van der Waals surface area (Å²) in [7, 11) is 4.30. The molecule has 1 amide bonds. The molecule has 8 nitrogen and oxygen atoms in total. The standard InChI is InChI=1S/C22H23NO7/c1-26-16-5-4-14(10-19(24)27-2)20(21(16)28-3)22(25)23-7-6-13-8-17-18(30-12-29-17)9-15(13)11-23/h4-5,8-9H,6-7,10-12H2,1-3H3. The topological polar surface area (TPSA) is 83.5 Å². The first-order valence-corrected chi connectivity index (χ1v) is 9.57. The van der Waals surface area contributed by atoms with Crippen molar-refractivity contribution in [2.24, 2.45) is 0 Å². The second kappa shape index (κ2) is 8.14. The smallest absolute Gasteiger partial charge is 0.310 e. The Labute approximate surface area is 174 Å². The highest BCUT2D eigenvalue weighted by molar-refractivity contribution is 6.00. The highest BCUT2D eigenvalue weighted by Gasteiger charge is 2.30. The molecule has 2 aliphatic rings. The van der Waals surface area contributed by atoms with E-state index in [9.17, 15) is 9.59 Å². The Morgan fingerprint density at radius 1 is 1.03 bits per heavy atom. The minimum absolute atomic E-state index is 0.0406. The Kier molecular flexibility index (Phi) is 5.39. The summed E-state index contributed by atoms with van der Waals surface area (Å²) in [5, 5.41) is 0. The van der Waals surface area contributed by atoms with Crippen molar-refractivity contribution >= 4 is 11.9 Å². The molecule has 8 heteroatoms. The maximum absolute atomic E-state index is 13.6. The summed E-state index contributed by atoms with van der Waals surface area (Å²) in [6, 6.07) is 7.28. The Balaban J connectivity index is 1.69. The van der Waals surface area contributed by atoms with Gasteiger partial charge in [0.05, 0.1) is 33.3 Å². The normalized spacial score (nSPS) is 14.2. The van der Waals surface area contributed by atoms with E-state index in [0.29, 0.717) is 47.9 Å². The highest BCUT2D eigenvalue weighted by atomic mass is 16.7. The van der Waals surface area contributed by atoms with E-state index in [0.717, 1.165) is 16.9 Å². The van der Waals surface area contributed by atoms with Crippen LogP contribution in [-0.2, 0) is 28.9 Å². The Bertz CT molecular complexity index is 1000. The first-order valence-electron chi connectivity index (χ1n) is 9.57. The zero-order valence-electron chi connectivity index (χ0n) is 17.1. The molecule has 0 saturated heterocycles. The van der Waals surface area contributed by atoms with E-state index in [1.807, 2.05) is 12.1 Å². The summed E-state index contributed by atoms with van der Waals surface area (Å²) < 4.78 is 26.6. The lowest BCUT2D eigenvalue weighted by Crippen LogP contribution is -2.36. The summed E-state index contributed by atoms with van der Waals surface area (Å²) in [4.78, 5) is 27.2. The van der Waals surface area contributed by atoms with Crippen LogP contribution in [0, 0.1) is 0 Å². The van der Waals surface area contributed by atoms with Gasteiger partial charge in [-0.05, 0) is 41.3 Å². The molecule has 0 radical (unpaired) electrons. The van der Waals surface area contributed by atoms with Gasteiger partial charge < -0.3 is 28.6 Å². The largest absolute Gasteiger partial charge is 0.493 e. The Morgan fingerprint density at radius 3 is 2.43 bits per heavy atom. The molecule has 0 aromatic heterocycles. The number of carbonyl (C=O) groups excluding carboxylic acids is 2. The van der Waals surface area contributed by atoms with Crippen molar-refractivity contribution in [3.8, 4) is 23.0 Å². The first kappa shape index (κ1) is 19.9. The van der Waals surface area contributed by atoms with Crippen LogP contribution in [0.25, 0.3) is 0 Å². The van der Waals surface area contributed by atoms with Crippen molar-refractivity contribution in [1.29, 1.82) is 0 Å². The number of rotatable bonds is 5. The summed E-state index contributed by atoms with van der Waals surface area (Å²) in [6.45, 7) is 1.16. The van der Waals surface area contributed by atoms with E-state index >= 15 is 0 Å². The summed E-state index contributed by atoms with van der Waals surface area (Å²) in [5.41, 5.74) is 2.98. The van der Waals surface area contributed by atoms with Crippen LogP contribution in [0.15, 0.2) is 24.3 Å². The number of carbonyl (C=O) groups is 2. The van der Waals surface area contributed by atoms with Crippen LogP contribution in [0.2, 0.25) is 0 Å². The van der Waals surface area contributed by atoms with E-state index in [4.69, 9.17) is 23.7 Å². The van der Waals surface area contributed by atoms with Crippen molar-refractivity contribution < 1.29 is 33.3 Å². The molecule has 0 atom stereocenters. The second-order valence-electron chi connectivity index (χ2n) is 7.04. The predicted molar refractivity (Wildman–Crippen MR) is 106 cm³/mol. The fourth-order valence-corrected chi connectivity index (χ4v) is 3.85. The van der Waals surface area contributed by atoms with Gasteiger partial charge in [0.1, 0.15) is 0 Å². The van der Waals surface area contributed by atoms with E-state index in [-0.39, 0.29) is 19.1 Å². The second-order valence-corrected chi connectivity index (χ2v) is 7.04. The maximum atomic E-state index is 13.6. The monoisotopic (exact) mass is 413 g/mol. The molecule has 4 rings (SSSR count). The van der Waals surface area contributed by atoms with Crippen LogP contribution in [0.4, 0.5) is 0 Å². The van der Waals surface area contributed by atoms with Crippen LogP contribution in [0.1, 0.15) is 27.0 Å². The quantitative estimate of drug-likeness (QED) is 0.696. The minimum Gasteiger partial charge on any atom is -0.493 e. The van der Waals surface area contributed by atoms with E-state index < -0.39 is 5.97 Å². The van der Waals surface area contributed by atoms with Crippen molar-refractivity contribution in [3.63, 3.8) is 0 Å². The molecule has 2 aliphatic heterocycles. The minimum atomic E-state index is -0.437. The predicted octanol–water partition coefficient (Wildman–Crippen LogP) is 2.35. The van der Waals surface area contributed by atoms with Gasteiger partial charge in [-0.1, -0.05) is 6.07 Å². The highest BCUT2D eigenvalue weighted by Crippen LogP contribution is 2.38. The lowest BCUT2D eigenvalue weighted by atomic mass is 9.96. The van der Waals surface area contributed by atoms with Gasteiger partial charge in [-0.2, -0.15) is 0 Å². The number of ether oxygens (including phenoxy) is 5. The zero-order chi connectivity index (χ0) is 21.3. The van der Waals surface area contributed by atoms with Crippen LogP contribution in [-0.4, -0.2) is 51.4 Å². The van der Waals surface area contributed by atoms with E-state index in [2.05, 4.69) is 0 Å². The fraction of sp³-hybridized carbons (Fsp3) is 0.364. The van der Waals surface area contributed by atoms with Crippen LogP contribution in [0.5, 0.6) is 23.0 Å². The molecule has 0 bridgehead atoms. The number of hydrogen-bond donors (Lipinski definition) is 0. The SMILES string of the molecule is COC(=O)Cc1ccc(OC)c(OC)c1C(=O)N1CCc2cc3c(cc2C1)OCO3. The van der Waals surface area contributed by atoms with Gasteiger partial charge in [0.15, 0.2) is 23.0 Å². The molecule has 2 aromatic rings. The maximum Gasteiger partial charge on any atom is 0.310 e. The number of benzene rings is 2. The van der Waals surface area contributed by atoms with Gasteiger partial charge in [0.25, 0.3) is 5.91 Å². The number of hydrogen-bond acceptors (Lipinski definition) is 7. The summed E-state index contributed by atoms with van der Waals surface area (Å²) in [6.07, 6.45) is 0.650. The zero-order valence-corrected chi connectivity index (χ0v) is 17.1. The fourth-order valence-electron chi connectivity index (χ4n) is 3.85. The van der Waals surface area contributed by atoms with Gasteiger partial charge in [0, 0.05) is 13.1 Å². The molecule has 0 unspecified atom stereocenters. The third kappa shape index (κ3) is 3.49. The van der Waals surface area contributed by atoms with E-state index in [1.165, 1.54) is 21.3 Å². The number of amides is 1. The number of esters is 1.